The third kappa shape index (κ3) is 5.38. The quantitative estimate of drug-likeness (QED) is 0.110. The van der Waals surface area contributed by atoms with Crippen LogP contribution in [0.15, 0.2) is 78.9 Å². The van der Waals surface area contributed by atoms with Gasteiger partial charge in [0.1, 0.15) is 18.1 Å². The van der Waals surface area contributed by atoms with E-state index in [1.54, 1.807) is 13.2 Å². The lowest BCUT2D eigenvalue weighted by molar-refractivity contribution is -0.137. The van der Waals surface area contributed by atoms with Crippen LogP contribution in [0, 0.1) is 20.8 Å². The number of esters is 1. The molecular weight excluding hydrogens is 500 g/mol. The fraction of sp³-hybridized carbons (Fsp3) is 0.229. The predicted molar refractivity (Wildman–Crippen MR) is 159 cm³/mol. The van der Waals surface area contributed by atoms with Gasteiger partial charge in [-0.25, -0.2) is 4.79 Å². The first-order valence-electron chi connectivity index (χ1n) is 13.5. The van der Waals surface area contributed by atoms with Gasteiger partial charge in [-0.1, -0.05) is 48.5 Å². The molecule has 0 heterocycles. The SMILES string of the molecule is CCOC(=O)/C=C1\c2ccccc2-c2cc(OCc3cccc(-c4c(C)cc(OCOC)cc4C)c3C)ccc21. The van der Waals surface area contributed by atoms with Crippen LogP contribution in [-0.2, 0) is 20.9 Å². The number of aryl methyl sites for hydroxylation is 2. The maximum Gasteiger partial charge on any atom is 0.331 e. The summed E-state index contributed by atoms with van der Waals surface area (Å²) >= 11 is 0. The Kier molecular flexibility index (Phi) is 8.04. The molecule has 0 aliphatic heterocycles. The van der Waals surface area contributed by atoms with Crippen molar-refractivity contribution >= 4 is 11.5 Å². The summed E-state index contributed by atoms with van der Waals surface area (Å²) in [5.41, 5.74) is 12.0. The standard InChI is InChI=1S/C35H34O5/c1-6-38-34(36)19-33-30-12-8-7-11-29(30)32-18-26(14-15-31(32)33)39-20-25-10-9-13-28(24(25)4)35-22(2)16-27(17-23(35)3)40-21-37-5/h7-19H,6,20-21H2,1-5H3/b33-19+. The minimum Gasteiger partial charge on any atom is -0.489 e. The number of methoxy groups -OCH3 is 1. The number of hydrogen-bond donors (Lipinski definition) is 0. The summed E-state index contributed by atoms with van der Waals surface area (Å²) in [5.74, 6) is 1.25. The number of carbonyl (C=O) groups excluding carboxylic acids is 1. The Labute approximate surface area is 236 Å². The van der Waals surface area contributed by atoms with Gasteiger partial charge in [0.2, 0.25) is 0 Å². The van der Waals surface area contributed by atoms with E-state index in [4.69, 9.17) is 18.9 Å². The molecule has 0 spiro atoms. The molecule has 5 heteroatoms. The second-order valence-electron chi connectivity index (χ2n) is 9.92. The van der Waals surface area contributed by atoms with Gasteiger partial charge >= 0.3 is 5.97 Å². The minimum atomic E-state index is -0.335. The largest absolute Gasteiger partial charge is 0.489 e. The van der Waals surface area contributed by atoms with Crippen LogP contribution in [0.25, 0.3) is 27.8 Å². The van der Waals surface area contributed by atoms with Gasteiger partial charge in [-0.05, 0) is 113 Å². The van der Waals surface area contributed by atoms with Gasteiger partial charge in [-0.15, -0.1) is 0 Å². The third-order valence-electron chi connectivity index (χ3n) is 7.30. The number of carbonyl (C=O) groups is 1. The van der Waals surface area contributed by atoms with Crippen LogP contribution in [0.2, 0.25) is 0 Å². The molecule has 0 N–H and O–H groups in total. The monoisotopic (exact) mass is 534 g/mol. The molecule has 0 fully saturated rings. The van der Waals surface area contributed by atoms with Crippen molar-refractivity contribution in [1.29, 1.82) is 0 Å². The number of benzene rings is 4. The zero-order valence-corrected chi connectivity index (χ0v) is 23.7. The molecule has 0 radical (unpaired) electrons. The Hall–Kier alpha value is -4.35. The van der Waals surface area contributed by atoms with Gasteiger partial charge in [0.25, 0.3) is 0 Å². The van der Waals surface area contributed by atoms with E-state index in [1.807, 2.05) is 37.3 Å². The average Bonchev–Trinajstić information content (AvgIpc) is 3.24. The second kappa shape index (κ2) is 11.8. The molecule has 0 saturated heterocycles. The topological polar surface area (TPSA) is 54.0 Å². The van der Waals surface area contributed by atoms with Crippen LogP contribution in [0.4, 0.5) is 0 Å². The zero-order chi connectivity index (χ0) is 28.2. The highest BCUT2D eigenvalue weighted by Crippen LogP contribution is 2.45. The van der Waals surface area contributed by atoms with Crippen LogP contribution in [0.3, 0.4) is 0 Å². The molecule has 0 aromatic heterocycles. The second-order valence-corrected chi connectivity index (χ2v) is 9.92. The highest BCUT2D eigenvalue weighted by atomic mass is 16.7. The average molecular weight is 535 g/mol. The number of rotatable bonds is 9. The molecule has 40 heavy (non-hydrogen) atoms. The van der Waals surface area contributed by atoms with E-state index in [0.717, 1.165) is 56.0 Å². The molecule has 1 aliphatic carbocycles. The summed E-state index contributed by atoms with van der Waals surface area (Å²) < 4.78 is 22.2. The summed E-state index contributed by atoms with van der Waals surface area (Å²) in [6.07, 6.45) is 1.59. The molecule has 0 unspecified atom stereocenters. The van der Waals surface area contributed by atoms with Crippen LogP contribution < -0.4 is 9.47 Å². The van der Waals surface area contributed by atoms with Gasteiger partial charge < -0.3 is 18.9 Å². The highest BCUT2D eigenvalue weighted by molar-refractivity contribution is 6.07. The summed E-state index contributed by atoms with van der Waals surface area (Å²) in [7, 11) is 1.62. The molecule has 4 aromatic rings. The molecule has 0 saturated carbocycles. The molecule has 5 rings (SSSR count). The molecular formula is C35H34O5. The van der Waals surface area contributed by atoms with Gasteiger partial charge in [0.15, 0.2) is 6.79 Å². The Balaban J connectivity index is 1.41. The van der Waals surface area contributed by atoms with Crippen molar-refractivity contribution in [1.82, 2.24) is 0 Å². The zero-order valence-electron chi connectivity index (χ0n) is 23.7. The van der Waals surface area contributed by atoms with Crippen molar-refractivity contribution in [3.05, 3.63) is 112 Å². The van der Waals surface area contributed by atoms with Gasteiger partial charge in [-0.2, -0.15) is 0 Å². The van der Waals surface area contributed by atoms with Crippen molar-refractivity contribution in [3.8, 4) is 33.8 Å². The number of ether oxygens (including phenoxy) is 4. The predicted octanol–water partition coefficient (Wildman–Crippen LogP) is 7.82. The summed E-state index contributed by atoms with van der Waals surface area (Å²) in [5, 5.41) is 0. The lowest BCUT2D eigenvalue weighted by Crippen LogP contribution is -2.02. The summed E-state index contributed by atoms with van der Waals surface area (Å²) in [6, 6.07) is 24.6. The van der Waals surface area contributed by atoms with E-state index in [0.29, 0.717) is 13.2 Å². The molecule has 4 aromatic carbocycles. The lowest BCUT2D eigenvalue weighted by atomic mass is 9.90. The molecule has 5 nitrogen and oxygen atoms in total. The molecule has 0 atom stereocenters. The van der Waals surface area contributed by atoms with E-state index in [-0.39, 0.29) is 12.8 Å². The fourth-order valence-corrected chi connectivity index (χ4v) is 5.46. The first kappa shape index (κ1) is 27.2. The van der Waals surface area contributed by atoms with Crippen molar-refractivity contribution in [3.63, 3.8) is 0 Å². The van der Waals surface area contributed by atoms with E-state index in [1.165, 1.54) is 16.7 Å². The maximum atomic E-state index is 12.3. The number of hydrogen-bond acceptors (Lipinski definition) is 5. The van der Waals surface area contributed by atoms with Gasteiger partial charge in [-0.3, -0.25) is 0 Å². The minimum absolute atomic E-state index is 0.224. The summed E-state index contributed by atoms with van der Waals surface area (Å²) in [4.78, 5) is 12.3. The molecule has 0 bridgehead atoms. The van der Waals surface area contributed by atoms with Crippen molar-refractivity contribution < 1.29 is 23.7 Å². The van der Waals surface area contributed by atoms with E-state index < -0.39 is 0 Å². The van der Waals surface area contributed by atoms with Crippen molar-refractivity contribution in [2.75, 3.05) is 20.5 Å². The van der Waals surface area contributed by atoms with Crippen LogP contribution in [0.1, 0.15) is 40.3 Å². The molecule has 1 aliphatic rings. The van der Waals surface area contributed by atoms with Gasteiger partial charge in [0.05, 0.1) is 6.61 Å². The first-order chi connectivity index (χ1) is 19.4. The van der Waals surface area contributed by atoms with Crippen LogP contribution in [0.5, 0.6) is 11.5 Å². The van der Waals surface area contributed by atoms with Crippen LogP contribution >= 0.6 is 0 Å². The van der Waals surface area contributed by atoms with E-state index in [9.17, 15) is 4.79 Å². The van der Waals surface area contributed by atoms with Crippen molar-refractivity contribution in [2.45, 2.75) is 34.3 Å². The lowest BCUT2D eigenvalue weighted by Gasteiger charge is -2.18. The Morgan fingerprint density at radius 1 is 0.750 bits per heavy atom. The maximum absolute atomic E-state index is 12.3. The van der Waals surface area contributed by atoms with Crippen LogP contribution in [-0.4, -0.2) is 26.5 Å². The Morgan fingerprint density at radius 2 is 1.45 bits per heavy atom. The Morgan fingerprint density at radius 3 is 2.17 bits per heavy atom. The Bertz CT molecular complexity index is 1570. The normalized spacial score (nSPS) is 12.7. The molecule has 204 valence electrons. The highest BCUT2D eigenvalue weighted by Gasteiger charge is 2.24. The van der Waals surface area contributed by atoms with E-state index >= 15 is 0 Å². The smallest absolute Gasteiger partial charge is 0.331 e. The van der Waals surface area contributed by atoms with Crippen molar-refractivity contribution in [2.24, 2.45) is 0 Å². The number of fused-ring (bicyclic) bond motifs is 3. The fourth-order valence-electron chi connectivity index (χ4n) is 5.46. The summed E-state index contributed by atoms with van der Waals surface area (Å²) in [6.45, 7) is 9.19. The van der Waals surface area contributed by atoms with E-state index in [2.05, 4.69) is 63.2 Å². The first-order valence-corrected chi connectivity index (χ1v) is 13.5. The third-order valence-corrected chi connectivity index (χ3v) is 7.30. The molecule has 0 amide bonds. The van der Waals surface area contributed by atoms with Gasteiger partial charge in [0, 0.05) is 13.2 Å².